The van der Waals surface area contributed by atoms with E-state index in [0.29, 0.717) is 30.4 Å². The summed E-state index contributed by atoms with van der Waals surface area (Å²) in [7, 11) is 0. The van der Waals surface area contributed by atoms with Crippen molar-refractivity contribution in [2.45, 2.75) is 26.9 Å². The molecule has 30 heavy (non-hydrogen) atoms. The van der Waals surface area contributed by atoms with E-state index in [2.05, 4.69) is 46.4 Å². The number of aromatic nitrogens is 1. The van der Waals surface area contributed by atoms with Crippen LogP contribution < -0.4 is 5.32 Å². The molecule has 0 radical (unpaired) electrons. The molecule has 0 bridgehead atoms. The van der Waals surface area contributed by atoms with Crippen molar-refractivity contribution < 1.29 is 9.53 Å². The van der Waals surface area contributed by atoms with Crippen molar-refractivity contribution >= 4 is 29.0 Å². The summed E-state index contributed by atoms with van der Waals surface area (Å²) in [6.45, 7) is 5.45. The molecule has 0 atom stereocenters. The van der Waals surface area contributed by atoms with Crippen molar-refractivity contribution in [1.82, 2.24) is 9.88 Å². The molecule has 2 aromatic carbocycles. The van der Waals surface area contributed by atoms with Crippen LogP contribution in [0.25, 0.3) is 0 Å². The zero-order valence-electron chi connectivity index (χ0n) is 17.2. The molecule has 1 N–H and O–H groups in total. The average molecular weight is 420 g/mol. The molecule has 0 aliphatic rings. The van der Waals surface area contributed by atoms with Gasteiger partial charge in [-0.05, 0) is 68.0 Å². The van der Waals surface area contributed by atoms with Crippen LogP contribution in [0.3, 0.4) is 0 Å². The maximum atomic E-state index is 11.8. The molecule has 1 heterocycles. The van der Waals surface area contributed by atoms with E-state index in [1.54, 1.807) is 25.3 Å². The van der Waals surface area contributed by atoms with E-state index < -0.39 is 0 Å². The normalized spacial score (nSPS) is 10.3. The minimum absolute atomic E-state index is 0.331. The number of anilines is 1. The van der Waals surface area contributed by atoms with Gasteiger partial charge in [-0.25, -0.2) is 4.79 Å². The molecule has 154 valence electrons. The fourth-order valence-corrected chi connectivity index (χ4v) is 3.15. The number of esters is 1. The van der Waals surface area contributed by atoms with E-state index in [4.69, 9.17) is 17.0 Å². The number of ether oxygens (including phenoxy) is 1. The van der Waals surface area contributed by atoms with E-state index in [9.17, 15) is 4.79 Å². The first kappa shape index (κ1) is 21.5. The van der Waals surface area contributed by atoms with Crippen LogP contribution in [0.1, 0.15) is 34.1 Å². The summed E-state index contributed by atoms with van der Waals surface area (Å²) in [6, 6.07) is 21.4. The zero-order valence-corrected chi connectivity index (χ0v) is 18.0. The van der Waals surface area contributed by atoms with Crippen LogP contribution >= 0.6 is 12.2 Å². The largest absolute Gasteiger partial charge is 0.462 e. The molecular weight excluding hydrogens is 394 g/mol. The minimum Gasteiger partial charge on any atom is -0.462 e. The number of aryl methyl sites for hydroxylation is 1. The maximum Gasteiger partial charge on any atom is 0.338 e. The lowest BCUT2D eigenvalue weighted by Gasteiger charge is -2.26. The first-order chi connectivity index (χ1) is 14.5. The Balaban J connectivity index is 1.73. The summed E-state index contributed by atoms with van der Waals surface area (Å²) in [4.78, 5) is 18.3. The topological polar surface area (TPSA) is 54.5 Å². The number of nitrogens with one attached hydrogen (secondary N) is 1. The summed E-state index contributed by atoms with van der Waals surface area (Å²) in [6.07, 6.45) is 1.78. The van der Waals surface area contributed by atoms with Crippen LogP contribution in [0.5, 0.6) is 0 Å². The number of carbonyl (C=O) groups excluding carboxylic acids is 1. The number of carbonyl (C=O) groups is 1. The fraction of sp³-hybridized carbons (Fsp3) is 0.208. The average Bonchev–Trinajstić information content (AvgIpc) is 2.76. The van der Waals surface area contributed by atoms with Crippen molar-refractivity contribution in [3.05, 3.63) is 95.3 Å². The van der Waals surface area contributed by atoms with Gasteiger partial charge in [0.25, 0.3) is 0 Å². The van der Waals surface area contributed by atoms with Crippen molar-refractivity contribution in [3.8, 4) is 0 Å². The second kappa shape index (κ2) is 10.5. The summed E-state index contributed by atoms with van der Waals surface area (Å²) >= 11 is 5.70. The van der Waals surface area contributed by atoms with E-state index in [0.717, 1.165) is 11.4 Å². The molecule has 0 amide bonds. The van der Waals surface area contributed by atoms with Crippen LogP contribution in [0, 0.1) is 6.92 Å². The Labute approximate surface area is 182 Å². The SMILES string of the molecule is CCOC(=O)c1ccc(NC(=S)N(Cc2ccc(C)cc2)Cc2ccccn2)cc1. The molecule has 0 aliphatic carbocycles. The third-order valence-corrected chi connectivity index (χ3v) is 4.87. The second-order valence-corrected chi connectivity index (χ2v) is 7.28. The molecule has 5 nitrogen and oxygen atoms in total. The number of pyridine rings is 1. The van der Waals surface area contributed by atoms with Gasteiger partial charge in [-0.2, -0.15) is 0 Å². The van der Waals surface area contributed by atoms with Gasteiger partial charge in [0.2, 0.25) is 0 Å². The number of nitrogens with zero attached hydrogens (tertiary/aromatic N) is 2. The number of thiocarbonyl (C=S) groups is 1. The molecule has 3 aromatic rings. The van der Waals surface area contributed by atoms with Crippen LogP contribution in [-0.4, -0.2) is 27.6 Å². The Morgan fingerprint density at radius 1 is 1.03 bits per heavy atom. The molecule has 0 unspecified atom stereocenters. The summed E-state index contributed by atoms with van der Waals surface area (Å²) in [5.41, 5.74) is 4.64. The zero-order chi connectivity index (χ0) is 21.3. The molecule has 3 rings (SSSR count). The van der Waals surface area contributed by atoms with Crippen LogP contribution in [0.4, 0.5) is 5.69 Å². The number of hydrogen-bond donors (Lipinski definition) is 1. The molecule has 0 saturated heterocycles. The summed E-state index contributed by atoms with van der Waals surface area (Å²) in [5, 5.41) is 3.86. The van der Waals surface area contributed by atoms with E-state index in [1.165, 1.54) is 11.1 Å². The maximum absolute atomic E-state index is 11.8. The van der Waals surface area contributed by atoms with Crippen molar-refractivity contribution in [2.24, 2.45) is 0 Å². The van der Waals surface area contributed by atoms with Crippen LogP contribution in [-0.2, 0) is 17.8 Å². The van der Waals surface area contributed by atoms with Crippen molar-refractivity contribution in [2.75, 3.05) is 11.9 Å². The Bertz CT molecular complexity index is 974. The van der Waals surface area contributed by atoms with Gasteiger partial charge in [0, 0.05) is 18.4 Å². The van der Waals surface area contributed by atoms with Gasteiger partial charge in [0.05, 0.1) is 24.4 Å². The Hall–Kier alpha value is -3.25. The third kappa shape index (κ3) is 6.12. The minimum atomic E-state index is -0.331. The highest BCUT2D eigenvalue weighted by Crippen LogP contribution is 2.15. The number of hydrogen-bond acceptors (Lipinski definition) is 4. The van der Waals surface area contributed by atoms with E-state index in [1.807, 2.05) is 30.3 Å². The Morgan fingerprint density at radius 2 is 1.77 bits per heavy atom. The highest BCUT2D eigenvalue weighted by atomic mass is 32.1. The van der Waals surface area contributed by atoms with Gasteiger partial charge in [-0.15, -0.1) is 0 Å². The Kier molecular flexibility index (Phi) is 7.51. The summed E-state index contributed by atoms with van der Waals surface area (Å²) < 4.78 is 5.03. The van der Waals surface area contributed by atoms with Gasteiger partial charge >= 0.3 is 5.97 Å². The highest BCUT2D eigenvalue weighted by molar-refractivity contribution is 7.80. The molecule has 0 saturated carbocycles. The smallest absolute Gasteiger partial charge is 0.338 e. The van der Waals surface area contributed by atoms with Gasteiger partial charge in [-0.3, -0.25) is 4.98 Å². The monoisotopic (exact) mass is 419 g/mol. The van der Waals surface area contributed by atoms with E-state index >= 15 is 0 Å². The lowest BCUT2D eigenvalue weighted by molar-refractivity contribution is 0.0526. The van der Waals surface area contributed by atoms with Gasteiger partial charge in [-0.1, -0.05) is 35.9 Å². The lowest BCUT2D eigenvalue weighted by atomic mass is 10.1. The molecule has 0 spiro atoms. The molecule has 0 fully saturated rings. The second-order valence-electron chi connectivity index (χ2n) is 6.89. The van der Waals surface area contributed by atoms with Crippen LogP contribution in [0.2, 0.25) is 0 Å². The Morgan fingerprint density at radius 3 is 2.40 bits per heavy atom. The third-order valence-electron chi connectivity index (χ3n) is 4.51. The number of benzene rings is 2. The standard InChI is InChI=1S/C24H25N3O2S/c1-3-29-23(28)20-11-13-21(14-12-20)26-24(30)27(17-22-6-4-5-15-25-22)16-19-9-7-18(2)8-10-19/h4-15H,3,16-17H2,1-2H3,(H,26,30). The molecule has 6 heteroatoms. The van der Waals surface area contributed by atoms with Crippen LogP contribution in [0.15, 0.2) is 72.9 Å². The lowest BCUT2D eigenvalue weighted by Crippen LogP contribution is -2.34. The van der Waals surface area contributed by atoms with Gasteiger partial charge in [0.1, 0.15) is 0 Å². The van der Waals surface area contributed by atoms with Crippen molar-refractivity contribution in [1.29, 1.82) is 0 Å². The fourth-order valence-electron chi connectivity index (χ4n) is 2.91. The first-order valence-electron chi connectivity index (χ1n) is 9.83. The predicted octanol–water partition coefficient (Wildman–Crippen LogP) is 4.97. The van der Waals surface area contributed by atoms with Crippen molar-refractivity contribution in [3.63, 3.8) is 0 Å². The quantitative estimate of drug-likeness (QED) is 0.431. The first-order valence-corrected chi connectivity index (χ1v) is 10.2. The predicted molar refractivity (Wildman–Crippen MR) is 123 cm³/mol. The van der Waals surface area contributed by atoms with Gasteiger partial charge in [0.15, 0.2) is 5.11 Å². The molecule has 1 aromatic heterocycles. The van der Waals surface area contributed by atoms with Gasteiger partial charge < -0.3 is 15.0 Å². The molecular formula is C24H25N3O2S. The molecule has 0 aliphatic heterocycles. The number of rotatable bonds is 7. The highest BCUT2D eigenvalue weighted by Gasteiger charge is 2.13. The summed E-state index contributed by atoms with van der Waals surface area (Å²) in [5.74, 6) is -0.331. The van der Waals surface area contributed by atoms with E-state index in [-0.39, 0.29) is 5.97 Å².